The molecule has 1 aromatic heterocycles. The smallest absolute Gasteiger partial charge is 0.172 e. The Labute approximate surface area is 106 Å². The van der Waals surface area contributed by atoms with Crippen molar-refractivity contribution in [3.8, 4) is 0 Å². The predicted octanol–water partition coefficient (Wildman–Crippen LogP) is 1.55. The van der Waals surface area contributed by atoms with Gasteiger partial charge in [-0.1, -0.05) is 5.16 Å². The predicted molar refractivity (Wildman–Crippen MR) is 69.8 cm³/mol. The lowest BCUT2D eigenvalue weighted by Crippen LogP contribution is -2.31. The molecule has 0 saturated heterocycles. The van der Waals surface area contributed by atoms with E-state index in [1.54, 1.807) is 6.20 Å². The van der Waals surface area contributed by atoms with E-state index in [0.717, 1.165) is 23.7 Å². The summed E-state index contributed by atoms with van der Waals surface area (Å²) in [5, 5.41) is 12.0. The van der Waals surface area contributed by atoms with Gasteiger partial charge in [0.15, 0.2) is 5.84 Å². The van der Waals surface area contributed by atoms with Crippen molar-refractivity contribution in [3.63, 3.8) is 0 Å². The van der Waals surface area contributed by atoms with Crippen molar-refractivity contribution in [2.75, 3.05) is 11.4 Å². The molecule has 5 heteroatoms. The molecular formula is C13H18N4O. The Bertz CT molecular complexity index is 466. The summed E-state index contributed by atoms with van der Waals surface area (Å²) in [4.78, 5) is 6.57. The third-order valence-corrected chi connectivity index (χ3v) is 3.63. The van der Waals surface area contributed by atoms with E-state index in [-0.39, 0.29) is 5.84 Å². The van der Waals surface area contributed by atoms with Crippen molar-refractivity contribution in [3.05, 3.63) is 24.0 Å². The summed E-state index contributed by atoms with van der Waals surface area (Å²) in [6, 6.07) is 2.42. The van der Waals surface area contributed by atoms with Crippen LogP contribution in [0, 0.1) is 5.92 Å². The normalized spacial score (nSPS) is 19.9. The first-order valence-electron chi connectivity index (χ1n) is 6.48. The lowest BCUT2D eigenvalue weighted by molar-refractivity contribution is 0.318. The van der Waals surface area contributed by atoms with Gasteiger partial charge < -0.3 is 15.8 Å². The first kappa shape index (κ1) is 11.3. The SMILES string of the molecule is N/C(=N/O)c1ccncc1N(CC1CC1)C1CC1. The first-order valence-corrected chi connectivity index (χ1v) is 6.48. The molecule has 2 aliphatic rings. The highest BCUT2D eigenvalue weighted by molar-refractivity contribution is 6.02. The Morgan fingerprint density at radius 3 is 2.83 bits per heavy atom. The number of amidine groups is 1. The fourth-order valence-corrected chi connectivity index (χ4v) is 2.29. The average molecular weight is 246 g/mol. The number of nitrogens with two attached hydrogens (primary N) is 1. The van der Waals surface area contributed by atoms with E-state index in [9.17, 15) is 0 Å². The topological polar surface area (TPSA) is 74.7 Å². The fraction of sp³-hybridized carbons (Fsp3) is 0.538. The molecule has 2 fully saturated rings. The van der Waals surface area contributed by atoms with Crippen LogP contribution in [0.4, 0.5) is 5.69 Å². The molecule has 3 rings (SSSR count). The molecule has 1 heterocycles. The average Bonchev–Trinajstić information content (AvgIpc) is 3.28. The number of aromatic nitrogens is 1. The molecule has 5 nitrogen and oxygen atoms in total. The van der Waals surface area contributed by atoms with Crippen LogP contribution in [-0.2, 0) is 0 Å². The van der Waals surface area contributed by atoms with Gasteiger partial charge in [-0.2, -0.15) is 0 Å². The molecular weight excluding hydrogens is 228 g/mol. The highest BCUT2D eigenvalue weighted by Gasteiger charge is 2.35. The summed E-state index contributed by atoms with van der Waals surface area (Å²) in [5.41, 5.74) is 7.53. The monoisotopic (exact) mass is 246 g/mol. The molecule has 0 atom stereocenters. The van der Waals surface area contributed by atoms with Crippen LogP contribution in [0.25, 0.3) is 0 Å². The van der Waals surface area contributed by atoms with Crippen LogP contribution in [0.5, 0.6) is 0 Å². The zero-order valence-electron chi connectivity index (χ0n) is 10.3. The molecule has 0 aromatic carbocycles. The summed E-state index contributed by atoms with van der Waals surface area (Å²) in [6.45, 7) is 1.07. The first-order chi connectivity index (χ1) is 8.79. The number of nitrogens with zero attached hydrogens (tertiary/aromatic N) is 3. The van der Waals surface area contributed by atoms with Gasteiger partial charge in [0.25, 0.3) is 0 Å². The van der Waals surface area contributed by atoms with Gasteiger partial charge in [0, 0.05) is 24.3 Å². The molecule has 96 valence electrons. The Balaban J connectivity index is 1.92. The van der Waals surface area contributed by atoms with Crippen molar-refractivity contribution in [1.29, 1.82) is 0 Å². The second-order valence-electron chi connectivity index (χ2n) is 5.20. The van der Waals surface area contributed by atoms with E-state index in [4.69, 9.17) is 10.9 Å². The summed E-state index contributed by atoms with van der Waals surface area (Å²) >= 11 is 0. The fourth-order valence-electron chi connectivity index (χ4n) is 2.29. The summed E-state index contributed by atoms with van der Waals surface area (Å²) < 4.78 is 0. The van der Waals surface area contributed by atoms with Crippen LogP contribution in [0.2, 0.25) is 0 Å². The van der Waals surface area contributed by atoms with E-state index in [2.05, 4.69) is 15.0 Å². The molecule has 3 N–H and O–H groups in total. The van der Waals surface area contributed by atoms with E-state index >= 15 is 0 Å². The van der Waals surface area contributed by atoms with Gasteiger partial charge in [0.1, 0.15) is 0 Å². The van der Waals surface area contributed by atoms with E-state index in [1.807, 2.05) is 12.3 Å². The third-order valence-electron chi connectivity index (χ3n) is 3.63. The van der Waals surface area contributed by atoms with Crippen molar-refractivity contribution < 1.29 is 5.21 Å². The van der Waals surface area contributed by atoms with Crippen LogP contribution >= 0.6 is 0 Å². The maximum Gasteiger partial charge on any atom is 0.172 e. The van der Waals surface area contributed by atoms with Gasteiger partial charge >= 0.3 is 0 Å². The van der Waals surface area contributed by atoms with Gasteiger partial charge in [0.05, 0.1) is 11.9 Å². The largest absolute Gasteiger partial charge is 0.409 e. The Morgan fingerprint density at radius 2 is 2.22 bits per heavy atom. The van der Waals surface area contributed by atoms with Crippen LogP contribution in [0.3, 0.4) is 0 Å². The van der Waals surface area contributed by atoms with Gasteiger partial charge in [0.2, 0.25) is 0 Å². The second kappa shape index (κ2) is 4.48. The molecule has 0 unspecified atom stereocenters. The van der Waals surface area contributed by atoms with E-state index in [1.165, 1.54) is 25.7 Å². The molecule has 0 spiro atoms. The molecule has 18 heavy (non-hydrogen) atoms. The summed E-state index contributed by atoms with van der Waals surface area (Å²) in [6.07, 6.45) is 8.62. The summed E-state index contributed by atoms with van der Waals surface area (Å²) in [5.74, 6) is 0.972. The Hall–Kier alpha value is -1.78. The van der Waals surface area contributed by atoms with Crippen molar-refractivity contribution >= 4 is 11.5 Å². The lowest BCUT2D eigenvalue weighted by Gasteiger charge is -2.26. The molecule has 2 aliphatic carbocycles. The van der Waals surface area contributed by atoms with Crippen LogP contribution in [0.15, 0.2) is 23.6 Å². The number of anilines is 1. The van der Waals surface area contributed by atoms with Crippen molar-refractivity contribution in [2.24, 2.45) is 16.8 Å². The van der Waals surface area contributed by atoms with Gasteiger partial charge in [-0.15, -0.1) is 0 Å². The lowest BCUT2D eigenvalue weighted by atomic mass is 10.1. The molecule has 1 aromatic rings. The number of hydrogen-bond donors (Lipinski definition) is 2. The third kappa shape index (κ3) is 2.25. The standard InChI is InChI=1S/C13H18N4O/c14-13(16-18)11-5-6-15-7-12(11)17(10-3-4-10)8-9-1-2-9/h5-7,9-10,18H,1-4,8H2,(H2,14,16). The molecule has 0 bridgehead atoms. The van der Waals surface area contributed by atoms with Crippen molar-refractivity contribution in [2.45, 2.75) is 31.7 Å². The molecule has 0 amide bonds. The number of hydrogen-bond acceptors (Lipinski definition) is 4. The second-order valence-corrected chi connectivity index (χ2v) is 5.20. The number of pyridine rings is 1. The van der Waals surface area contributed by atoms with E-state index < -0.39 is 0 Å². The molecule has 0 aliphatic heterocycles. The molecule has 0 radical (unpaired) electrons. The van der Waals surface area contributed by atoms with E-state index in [0.29, 0.717) is 6.04 Å². The van der Waals surface area contributed by atoms with Gasteiger partial charge in [-0.25, -0.2) is 0 Å². The minimum absolute atomic E-state index is 0.161. The molecule has 2 saturated carbocycles. The van der Waals surface area contributed by atoms with Crippen LogP contribution in [0.1, 0.15) is 31.2 Å². The van der Waals surface area contributed by atoms with Crippen LogP contribution < -0.4 is 10.6 Å². The number of rotatable bonds is 5. The Kier molecular flexibility index (Phi) is 2.81. The maximum atomic E-state index is 8.87. The van der Waals surface area contributed by atoms with Crippen LogP contribution in [-0.4, -0.2) is 28.6 Å². The highest BCUT2D eigenvalue weighted by atomic mass is 16.4. The maximum absolute atomic E-state index is 8.87. The quantitative estimate of drug-likeness (QED) is 0.358. The zero-order valence-corrected chi connectivity index (χ0v) is 10.3. The minimum atomic E-state index is 0.161. The minimum Gasteiger partial charge on any atom is -0.409 e. The van der Waals surface area contributed by atoms with Crippen molar-refractivity contribution in [1.82, 2.24) is 4.98 Å². The van der Waals surface area contributed by atoms with Gasteiger partial charge in [-0.05, 0) is 37.7 Å². The zero-order chi connectivity index (χ0) is 12.5. The Morgan fingerprint density at radius 1 is 1.44 bits per heavy atom. The highest BCUT2D eigenvalue weighted by Crippen LogP contribution is 2.38. The van der Waals surface area contributed by atoms with Gasteiger partial charge in [-0.3, -0.25) is 4.98 Å². The number of oxime groups is 1. The summed E-state index contributed by atoms with van der Waals surface area (Å²) in [7, 11) is 0.